The third-order valence-electron chi connectivity index (χ3n) is 7.03. The van der Waals surface area contributed by atoms with Crippen LogP contribution in [0.5, 0.6) is 5.75 Å². The number of likely N-dealkylation sites (N-methyl/N-ethyl adjacent to an activating group) is 1. The van der Waals surface area contributed by atoms with Crippen molar-refractivity contribution >= 4 is 11.8 Å². The predicted molar refractivity (Wildman–Crippen MR) is 125 cm³/mol. The van der Waals surface area contributed by atoms with Crippen molar-refractivity contribution in [3.63, 3.8) is 0 Å². The van der Waals surface area contributed by atoms with Gasteiger partial charge in [0.25, 0.3) is 5.91 Å². The monoisotopic (exact) mass is 452 g/mol. The van der Waals surface area contributed by atoms with Crippen molar-refractivity contribution < 1.29 is 18.7 Å². The molecule has 2 unspecified atom stereocenters. The number of carbonyl (C=O) groups excluding carboxylic acids is 2. The lowest BCUT2D eigenvalue weighted by Crippen LogP contribution is -2.43. The molecule has 0 radical (unpaired) electrons. The fourth-order valence-electron chi connectivity index (χ4n) is 5.04. The Morgan fingerprint density at radius 3 is 2.52 bits per heavy atom. The van der Waals surface area contributed by atoms with Gasteiger partial charge in [0.05, 0.1) is 6.04 Å². The molecule has 2 aliphatic rings. The zero-order valence-corrected chi connectivity index (χ0v) is 19.7. The van der Waals surface area contributed by atoms with E-state index >= 15 is 0 Å². The Morgan fingerprint density at radius 2 is 1.85 bits per heavy atom. The summed E-state index contributed by atoms with van der Waals surface area (Å²) in [5.74, 6) is 0.473. The molecule has 0 aromatic heterocycles. The molecule has 176 valence electrons. The first kappa shape index (κ1) is 23.3. The first-order valence-electron chi connectivity index (χ1n) is 12.0. The fourth-order valence-corrected chi connectivity index (χ4v) is 5.04. The summed E-state index contributed by atoms with van der Waals surface area (Å²) in [5, 5.41) is 0. The second-order valence-corrected chi connectivity index (χ2v) is 9.19. The average Bonchev–Trinajstić information content (AvgIpc) is 3.37. The number of rotatable bonds is 6. The number of hydrogen-bond acceptors (Lipinski definition) is 3. The second kappa shape index (κ2) is 9.94. The SMILES string of the molecule is CCN(C)C(=O)C(C)Oc1ccc2c(c1)C(c1ccc(F)cc1)N(C(=O)C1CCCC1)CC2. The van der Waals surface area contributed by atoms with Crippen molar-refractivity contribution in [3.05, 3.63) is 65.0 Å². The highest BCUT2D eigenvalue weighted by atomic mass is 19.1. The van der Waals surface area contributed by atoms with Crippen LogP contribution in [0.1, 0.15) is 62.3 Å². The molecule has 2 aromatic rings. The highest BCUT2D eigenvalue weighted by Crippen LogP contribution is 2.39. The number of carbonyl (C=O) groups is 2. The number of hydrogen-bond donors (Lipinski definition) is 0. The summed E-state index contributed by atoms with van der Waals surface area (Å²) in [4.78, 5) is 29.6. The summed E-state index contributed by atoms with van der Waals surface area (Å²) in [5.41, 5.74) is 3.02. The molecular weight excluding hydrogens is 419 g/mol. The molecule has 0 bridgehead atoms. The topological polar surface area (TPSA) is 49.9 Å². The van der Waals surface area contributed by atoms with Crippen LogP contribution in [0.4, 0.5) is 4.39 Å². The van der Waals surface area contributed by atoms with Crippen LogP contribution >= 0.6 is 0 Å². The lowest BCUT2D eigenvalue weighted by Gasteiger charge is -2.39. The van der Waals surface area contributed by atoms with Gasteiger partial charge in [-0.05, 0) is 74.1 Å². The van der Waals surface area contributed by atoms with Gasteiger partial charge < -0.3 is 14.5 Å². The van der Waals surface area contributed by atoms with Gasteiger partial charge in [-0.1, -0.05) is 31.0 Å². The molecule has 1 heterocycles. The van der Waals surface area contributed by atoms with Crippen molar-refractivity contribution in [2.24, 2.45) is 5.92 Å². The van der Waals surface area contributed by atoms with Crippen LogP contribution in [0.3, 0.4) is 0 Å². The van der Waals surface area contributed by atoms with E-state index in [1.807, 2.05) is 30.0 Å². The molecule has 1 fully saturated rings. The van der Waals surface area contributed by atoms with E-state index in [1.165, 1.54) is 12.1 Å². The first-order valence-corrected chi connectivity index (χ1v) is 12.0. The van der Waals surface area contributed by atoms with E-state index < -0.39 is 6.10 Å². The molecule has 5 nitrogen and oxygen atoms in total. The van der Waals surface area contributed by atoms with E-state index in [4.69, 9.17) is 4.74 Å². The first-order chi connectivity index (χ1) is 15.9. The average molecular weight is 453 g/mol. The van der Waals surface area contributed by atoms with Gasteiger partial charge in [-0.3, -0.25) is 9.59 Å². The van der Waals surface area contributed by atoms with Crippen LogP contribution in [0.15, 0.2) is 42.5 Å². The Balaban J connectivity index is 1.68. The van der Waals surface area contributed by atoms with Crippen LogP contribution in [-0.4, -0.2) is 47.9 Å². The lowest BCUT2D eigenvalue weighted by molar-refractivity contribution is -0.137. The molecule has 1 aliphatic carbocycles. The Kier molecular flexibility index (Phi) is 7.01. The number of amides is 2. The van der Waals surface area contributed by atoms with Crippen LogP contribution in [0.2, 0.25) is 0 Å². The van der Waals surface area contributed by atoms with Gasteiger partial charge in [0.2, 0.25) is 5.91 Å². The molecule has 1 saturated carbocycles. The Labute approximate surface area is 195 Å². The molecule has 0 saturated heterocycles. The maximum Gasteiger partial charge on any atom is 0.263 e. The number of halogens is 1. The van der Waals surface area contributed by atoms with Crippen LogP contribution < -0.4 is 4.74 Å². The molecule has 0 spiro atoms. The number of benzene rings is 2. The maximum absolute atomic E-state index is 13.7. The molecule has 33 heavy (non-hydrogen) atoms. The minimum absolute atomic E-state index is 0.0659. The van der Waals surface area contributed by atoms with Gasteiger partial charge >= 0.3 is 0 Å². The molecule has 1 aliphatic heterocycles. The summed E-state index contributed by atoms with van der Waals surface area (Å²) in [7, 11) is 1.76. The largest absolute Gasteiger partial charge is 0.481 e. The number of nitrogens with zero attached hydrogens (tertiary/aromatic N) is 2. The van der Waals surface area contributed by atoms with Crippen molar-refractivity contribution in [2.75, 3.05) is 20.1 Å². The van der Waals surface area contributed by atoms with Gasteiger partial charge in [-0.2, -0.15) is 0 Å². The highest BCUT2D eigenvalue weighted by Gasteiger charge is 2.36. The molecule has 4 rings (SSSR count). The van der Waals surface area contributed by atoms with Crippen LogP contribution in [0.25, 0.3) is 0 Å². The molecule has 2 atom stereocenters. The van der Waals surface area contributed by atoms with E-state index in [0.717, 1.165) is 48.8 Å². The highest BCUT2D eigenvalue weighted by molar-refractivity contribution is 5.81. The Morgan fingerprint density at radius 1 is 1.15 bits per heavy atom. The second-order valence-electron chi connectivity index (χ2n) is 9.19. The molecular formula is C27H33FN2O3. The number of fused-ring (bicyclic) bond motifs is 1. The Hall–Kier alpha value is -2.89. The van der Waals surface area contributed by atoms with Crippen molar-refractivity contribution in [3.8, 4) is 5.75 Å². The van der Waals surface area contributed by atoms with Gasteiger partial charge in [-0.25, -0.2) is 4.39 Å². The summed E-state index contributed by atoms with van der Waals surface area (Å²) in [6.07, 6.45) is 4.21. The lowest BCUT2D eigenvalue weighted by atomic mass is 9.87. The van der Waals surface area contributed by atoms with E-state index in [-0.39, 0.29) is 29.6 Å². The summed E-state index contributed by atoms with van der Waals surface area (Å²) >= 11 is 0. The van der Waals surface area contributed by atoms with Crippen molar-refractivity contribution in [2.45, 2.75) is 58.1 Å². The normalized spacial score (nSPS) is 19.2. The smallest absolute Gasteiger partial charge is 0.263 e. The van der Waals surface area contributed by atoms with E-state index in [1.54, 1.807) is 31.0 Å². The van der Waals surface area contributed by atoms with Gasteiger partial charge in [0.15, 0.2) is 6.10 Å². The molecule has 2 aromatic carbocycles. The van der Waals surface area contributed by atoms with E-state index in [9.17, 15) is 14.0 Å². The van der Waals surface area contributed by atoms with Crippen LogP contribution in [0, 0.1) is 11.7 Å². The summed E-state index contributed by atoms with van der Waals surface area (Å²) in [6.45, 7) is 4.93. The van der Waals surface area contributed by atoms with Gasteiger partial charge in [-0.15, -0.1) is 0 Å². The third-order valence-corrected chi connectivity index (χ3v) is 7.03. The van der Waals surface area contributed by atoms with Crippen molar-refractivity contribution in [1.82, 2.24) is 9.80 Å². The van der Waals surface area contributed by atoms with Crippen molar-refractivity contribution in [1.29, 1.82) is 0 Å². The molecule has 2 amide bonds. The fraction of sp³-hybridized carbons (Fsp3) is 0.481. The van der Waals surface area contributed by atoms with Gasteiger partial charge in [0, 0.05) is 26.1 Å². The van der Waals surface area contributed by atoms with Gasteiger partial charge in [0.1, 0.15) is 11.6 Å². The number of ether oxygens (including phenoxy) is 1. The molecule has 6 heteroatoms. The zero-order chi connectivity index (χ0) is 23.5. The minimum Gasteiger partial charge on any atom is -0.481 e. The van der Waals surface area contributed by atoms with Crippen LogP contribution in [-0.2, 0) is 16.0 Å². The zero-order valence-electron chi connectivity index (χ0n) is 19.7. The third kappa shape index (κ3) is 4.90. The summed E-state index contributed by atoms with van der Waals surface area (Å²) < 4.78 is 19.7. The quantitative estimate of drug-likeness (QED) is 0.636. The molecule has 0 N–H and O–H groups in total. The summed E-state index contributed by atoms with van der Waals surface area (Å²) in [6, 6.07) is 12.0. The Bertz CT molecular complexity index is 1000. The predicted octanol–water partition coefficient (Wildman–Crippen LogP) is 4.74. The van der Waals surface area contributed by atoms with E-state index in [0.29, 0.717) is 18.8 Å². The van der Waals surface area contributed by atoms with E-state index in [2.05, 4.69) is 0 Å². The minimum atomic E-state index is -0.614. The maximum atomic E-state index is 13.7. The standard InChI is InChI=1S/C27H33FN2O3/c1-4-29(3)26(31)18(2)33-23-14-11-19-15-16-30(27(32)21-7-5-6-8-21)25(24(19)17-23)20-9-12-22(28)13-10-20/h9-14,17-18,21,25H,4-8,15-16H2,1-3H3.